The second-order valence-corrected chi connectivity index (χ2v) is 5.06. The molecule has 2 aromatic rings. The van der Waals surface area contributed by atoms with E-state index in [0.717, 1.165) is 21.6 Å². The number of anilines is 1. The minimum absolute atomic E-state index is 0.235. The van der Waals surface area contributed by atoms with Gasteiger partial charge in [-0.1, -0.05) is 48.0 Å². The van der Waals surface area contributed by atoms with Crippen molar-refractivity contribution in [3.8, 4) is 11.3 Å². The molecule has 1 aromatic heterocycles. The quantitative estimate of drug-likeness (QED) is 0.837. The third-order valence-corrected chi connectivity index (χ3v) is 3.31. The molecule has 0 saturated heterocycles. The van der Waals surface area contributed by atoms with Crippen LogP contribution in [0.25, 0.3) is 11.3 Å². The SMILES string of the molecule is CC(C)c1nc(-c2ccccc2Br)c(N)n1N. The maximum Gasteiger partial charge on any atom is 0.150 e. The average Bonchev–Trinajstić information content (AvgIpc) is 2.57. The molecule has 1 aromatic carbocycles. The van der Waals surface area contributed by atoms with Gasteiger partial charge >= 0.3 is 0 Å². The molecule has 0 radical (unpaired) electrons. The maximum absolute atomic E-state index is 6.00. The molecule has 17 heavy (non-hydrogen) atoms. The summed E-state index contributed by atoms with van der Waals surface area (Å²) in [5.74, 6) is 7.41. The molecule has 0 unspecified atom stereocenters. The van der Waals surface area contributed by atoms with E-state index in [1.807, 2.05) is 38.1 Å². The van der Waals surface area contributed by atoms with Gasteiger partial charge in [-0.2, -0.15) is 0 Å². The number of halogens is 1. The van der Waals surface area contributed by atoms with Crippen LogP contribution in [-0.4, -0.2) is 9.66 Å². The number of rotatable bonds is 2. The predicted octanol–water partition coefficient (Wildman–Crippen LogP) is 2.73. The summed E-state index contributed by atoms with van der Waals surface area (Å²) >= 11 is 3.49. The zero-order chi connectivity index (χ0) is 12.6. The van der Waals surface area contributed by atoms with E-state index >= 15 is 0 Å². The Morgan fingerprint density at radius 2 is 1.94 bits per heavy atom. The van der Waals surface area contributed by atoms with Gasteiger partial charge in [0, 0.05) is 16.0 Å². The molecule has 4 nitrogen and oxygen atoms in total. The molecule has 0 fully saturated rings. The van der Waals surface area contributed by atoms with Crippen molar-refractivity contribution in [3.63, 3.8) is 0 Å². The highest BCUT2D eigenvalue weighted by atomic mass is 79.9. The van der Waals surface area contributed by atoms with E-state index in [1.54, 1.807) is 0 Å². The lowest BCUT2D eigenvalue weighted by molar-refractivity contribution is 0.739. The second-order valence-electron chi connectivity index (χ2n) is 4.21. The Balaban J connectivity index is 2.61. The molecule has 0 atom stereocenters. The number of imidazole rings is 1. The third-order valence-electron chi connectivity index (χ3n) is 2.62. The third kappa shape index (κ3) is 2.02. The van der Waals surface area contributed by atoms with Crippen LogP contribution in [0.2, 0.25) is 0 Å². The van der Waals surface area contributed by atoms with Crippen molar-refractivity contribution in [2.75, 3.05) is 11.6 Å². The lowest BCUT2D eigenvalue weighted by Crippen LogP contribution is -2.16. The van der Waals surface area contributed by atoms with Gasteiger partial charge in [0.05, 0.1) is 0 Å². The largest absolute Gasteiger partial charge is 0.382 e. The summed E-state index contributed by atoms with van der Waals surface area (Å²) < 4.78 is 2.42. The molecule has 0 aliphatic rings. The van der Waals surface area contributed by atoms with Gasteiger partial charge in [-0.25, -0.2) is 9.66 Å². The summed E-state index contributed by atoms with van der Waals surface area (Å²) in [6.07, 6.45) is 0. The van der Waals surface area contributed by atoms with Crippen LogP contribution in [0.4, 0.5) is 5.82 Å². The monoisotopic (exact) mass is 294 g/mol. The van der Waals surface area contributed by atoms with Crippen LogP contribution in [0.1, 0.15) is 25.6 Å². The summed E-state index contributed by atoms with van der Waals surface area (Å²) in [6, 6.07) is 7.82. The Morgan fingerprint density at radius 3 is 2.47 bits per heavy atom. The summed E-state index contributed by atoms with van der Waals surface area (Å²) in [5, 5.41) is 0. The normalized spacial score (nSPS) is 11.1. The molecule has 0 aliphatic carbocycles. The number of hydrogen-bond acceptors (Lipinski definition) is 3. The number of aromatic nitrogens is 2. The first-order chi connectivity index (χ1) is 8.02. The van der Waals surface area contributed by atoms with Crippen molar-refractivity contribution >= 4 is 21.7 Å². The average molecular weight is 295 g/mol. The highest BCUT2D eigenvalue weighted by Crippen LogP contribution is 2.32. The topological polar surface area (TPSA) is 69.9 Å². The van der Waals surface area contributed by atoms with Crippen LogP contribution in [0, 0.1) is 0 Å². The van der Waals surface area contributed by atoms with Gasteiger partial charge < -0.3 is 11.6 Å². The van der Waals surface area contributed by atoms with Crippen LogP contribution in [0.15, 0.2) is 28.7 Å². The maximum atomic E-state index is 6.00. The van der Waals surface area contributed by atoms with Crippen molar-refractivity contribution in [3.05, 3.63) is 34.6 Å². The number of benzene rings is 1. The first kappa shape index (κ1) is 12.0. The van der Waals surface area contributed by atoms with Gasteiger partial charge in [-0.15, -0.1) is 0 Å². The zero-order valence-corrected chi connectivity index (χ0v) is 11.4. The molecule has 0 spiro atoms. The van der Waals surface area contributed by atoms with Crippen molar-refractivity contribution in [1.82, 2.24) is 9.66 Å². The summed E-state index contributed by atoms with van der Waals surface area (Å²) in [6.45, 7) is 4.07. The Hall–Kier alpha value is -1.49. The smallest absolute Gasteiger partial charge is 0.150 e. The molecule has 0 aliphatic heterocycles. The minimum Gasteiger partial charge on any atom is -0.382 e. The lowest BCUT2D eigenvalue weighted by Gasteiger charge is -2.04. The van der Waals surface area contributed by atoms with Gasteiger partial charge in [0.2, 0.25) is 0 Å². The van der Waals surface area contributed by atoms with Crippen LogP contribution in [0.3, 0.4) is 0 Å². The fraction of sp³-hybridized carbons (Fsp3) is 0.250. The van der Waals surface area contributed by atoms with E-state index in [-0.39, 0.29) is 5.92 Å². The van der Waals surface area contributed by atoms with Gasteiger partial charge in [-0.05, 0) is 6.07 Å². The first-order valence-corrected chi connectivity index (χ1v) is 6.19. The molecular weight excluding hydrogens is 280 g/mol. The number of hydrogen-bond donors (Lipinski definition) is 2. The van der Waals surface area contributed by atoms with Crippen molar-refractivity contribution < 1.29 is 0 Å². The van der Waals surface area contributed by atoms with Gasteiger partial charge in [0.1, 0.15) is 11.5 Å². The first-order valence-electron chi connectivity index (χ1n) is 5.40. The molecule has 90 valence electrons. The van der Waals surface area contributed by atoms with E-state index in [2.05, 4.69) is 20.9 Å². The Bertz CT molecular complexity index is 545. The Kier molecular flexibility index (Phi) is 3.11. The molecule has 5 heteroatoms. The van der Waals surface area contributed by atoms with Crippen LogP contribution in [-0.2, 0) is 0 Å². The molecule has 4 N–H and O–H groups in total. The molecular formula is C12H15BrN4. The van der Waals surface area contributed by atoms with E-state index in [9.17, 15) is 0 Å². The van der Waals surface area contributed by atoms with Crippen LogP contribution < -0.4 is 11.6 Å². The van der Waals surface area contributed by atoms with Crippen LogP contribution >= 0.6 is 15.9 Å². The van der Waals surface area contributed by atoms with E-state index in [0.29, 0.717) is 5.82 Å². The molecule has 1 heterocycles. The van der Waals surface area contributed by atoms with Gasteiger partial charge in [0.25, 0.3) is 0 Å². The summed E-state index contributed by atoms with van der Waals surface area (Å²) in [7, 11) is 0. The summed E-state index contributed by atoms with van der Waals surface area (Å²) in [4.78, 5) is 4.52. The highest BCUT2D eigenvalue weighted by Gasteiger charge is 2.17. The van der Waals surface area contributed by atoms with Crippen molar-refractivity contribution in [2.24, 2.45) is 0 Å². The van der Waals surface area contributed by atoms with Crippen molar-refractivity contribution in [2.45, 2.75) is 19.8 Å². The number of nitrogens with zero attached hydrogens (tertiary/aromatic N) is 2. The number of nitrogen functional groups attached to an aromatic ring is 2. The van der Waals surface area contributed by atoms with E-state index in [1.165, 1.54) is 4.68 Å². The fourth-order valence-electron chi connectivity index (χ4n) is 1.72. The number of nitrogens with two attached hydrogens (primary N) is 2. The lowest BCUT2D eigenvalue weighted by atomic mass is 10.1. The molecule has 0 amide bonds. The molecule has 0 bridgehead atoms. The van der Waals surface area contributed by atoms with Gasteiger partial charge in [-0.3, -0.25) is 0 Å². The minimum atomic E-state index is 0.235. The second kappa shape index (κ2) is 4.41. The van der Waals surface area contributed by atoms with Crippen molar-refractivity contribution in [1.29, 1.82) is 0 Å². The van der Waals surface area contributed by atoms with E-state index < -0.39 is 0 Å². The van der Waals surface area contributed by atoms with Gasteiger partial charge in [0.15, 0.2) is 5.82 Å². The van der Waals surface area contributed by atoms with Crippen LogP contribution in [0.5, 0.6) is 0 Å². The molecule has 0 saturated carbocycles. The zero-order valence-electron chi connectivity index (χ0n) is 9.81. The standard InChI is InChI=1S/C12H15BrN4/c1-7(2)12-16-10(11(14)17(12)15)8-5-3-4-6-9(8)13/h3-7H,14-15H2,1-2H3. The molecule has 2 rings (SSSR count). The Morgan fingerprint density at radius 1 is 1.29 bits per heavy atom. The highest BCUT2D eigenvalue weighted by molar-refractivity contribution is 9.10. The fourth-order valence-corrected chi connectivity index (χ4v) is 2.19. The summed E-state index contributed by atoms with van der Waals surface area (Å²) in [5.41, 5.74) is 7.68. The predicted molar refractivity (Wildman–Crippen MR) is 74.0 cm³/mol. The van der Waals surface area contributed by atoms with E-state index in [4.69, 9.17) is 11.6 Å². The Labute approximate surface area is 109 Å².